The number of carbonyl (C=O) groups excluding carboxylic acids is 1. The van der Waals surface area contributed by atoms with Crippen LogP contribution in [0, 0.1) is 0 Å². The summed E-state index contributed by atoms with van der Waals surface area (Å²) in [5.41, 5.74) is 0.513. The van der Waals surface area contributed by atoms with Crippen molar-refractivity contribution in [2.75, 3.05) is 21.3 Å². The molecule has 27 heavy (non-hydrogen) atoms. The molecule has 8 nitrogen and oxygen atoms in total. The van der Waals surface area contributed by atoms with Gasteiger partial charge in [0, 0.05) is 0 Å². The molecule has 146 valence electrons. The van der Waals surface area contributed by atoms with Crippen LogP contribution in [0.1, 0.15) is 5.56 Å². The maximum atomic E-state index is 12.4. The predicted molar refractivity (Wildman–Crippen MR) is 97.7 cm³/mol. The van der Waals surface area contributed by atoms with E-state index in [1.807, 2.05) is 0 Å². The first kappa shape index (κ1) is 20.8. The van der Waals surface area contributed by atoms with Crippen LogP contribution < -0.4 is 18.9 Å². The third kappa shape index (κ3) is 4.80. The monoisotopic (exact) mass is 396 g/mol. The van der Waals surface area contributed by atoms with Crippen LogP contribution >= 0.6 is 7.37 Å². The highest BCUT2D eigenvalue weighted by molar-refractivity contribution is 7.58. The maximum absolute atomic E-state index is 12.4. The Morgan fingerprint density at radius 2 is 1.52 bits per heavy atom. The molecule has 0 aliphatic rings. The summed E-state index contributed by atoms with van der Waals surface area (Å²) in [5.74, 6) is -3.01. The summed E-state index contributed by atoms with van der Waals surface area (Å²) in [6, 6.07) is 11.2. The molecule has 0 saturated carbocycles. The van der Waals surface area contributed by atoms with Crippen molar-refractivity contribution < 1.29 is 38.3 Å². The Hall–Kier alpha value is -2.54. The third-order valence-corrected chi connectivity index (χ3v) is 5.52. The summed E-state index contributed by atoms with van der Waals surface area (Å²) in [6.07, 6.45) is -0.368. The molecule has 0 aromatic heterocycles. The van der Waals surface area contributed by atoms with E-state index in [4.69, 9.17) is 18.9 Å². The van der Waals surface area contributed by atoms with Crippen LogP contribution in [0.5, 0.6) is 23.0 Å². The van der Waals surface area contributed by atoms with E-state index in [1.165, 1.54) is 33.5 Å². The number of rotatable bonds is 8. The Balaban J connectivity index is 2.22. The first-order valence-corrected chi connectivity index (χ1v) is 9.79. The molecule has 0 radical (unpaired) electrons. The van der Waals surface area contributed by atoms with E-state index < -0.39 is 19.2 Å². The highest BCUT2D eigenvalue weighted by Crippen LogP contribution is 2.50. The number of carbonyl (C=O) groups is 1. The Morgan fingerprint density at radius 1 is 0.963 bits per heavy atom. The van der Waals surface area contributed by atoms with Crippen molar-refractivity contribution in [1.82, 2.24) is 0 Å². The van der Waals surface area contributed by atoms with Crippen LogP contribution in [-0.2, 0) is 15.5 Å². The van der Waals surface area contributed by atoms with Gasteiger partial charge in [-0.25, -0.2) is 4.79 Å². The van der Waals surface area contributed by atoms with Gasteiger partial charge in [0.15, 0.2) is 11.5 Å². The zero-order valence-electron chi connectivity index (χ0n) is 15.1. The average Bonchev–Trinajstić information content (AvgIpc) is 2.67. The highest BCUT2D eigenvalue weighted by Gasteiger charge is 2.37. The molecular formula is C18H21O8P. The lowest BCUT2D eigenvalue weighted by molar-refractivity contribution is -0.140. The Kier molecular flexibility index (Phi) is 6.85. The fourth-order valence-corrected chi connectivity index (χ4v) is 3.70. The summed E-state index contributed by atoms with van der Waals surface area (Å²) in [7, 11) is -0.135. The molecule has 2 atom stereocenters. The third-order valence-electron chi connectivity index (χ3n) is 3.72. The largest absolute Gasteiger partial charge is 0.493 e. The molecule has 0 bridgehead atoms. The first-order valence-electron chi connectivity index (χ1n) is 7.88. The van der Waals surface area contributed by atoms with Gasteiger partial charge in [-0.15, -0.1) is 0 Å². The van der Waals surface area contributed by atoms with E-state index >= 15 is 0 Å². The lowest BCUT2D eigenvalue weighted by Gasteiger charge is -2.19. The zero-order valence-corrected chi connectivity index (χ0v) is 16.0. The van der Waals surface area contributed by atoms with Gasteiger partial charge in [0.25, 0.3) is 0 Å². The second-order valence-corrected chi connectivity index (χ2v) is 7.84. The van der Waals surface area contributed by atoms with E-state index in [0.717, 1.165) is 0 Å². The number of aliphatic hydroxyl groups is 1. The summed E-state index contributed by atoms with van der Waals surface area (Å²) < 4.78 is 33.0. The minimum absolute atomic E-state index is 0.0493. The fraction of sp³-hybridized carbons (Fsp3) is 0.278. The smallest absolute Gasteiger partial charge is 0.350 e. The van der Waals surface area contributed by atoms with Crippen LogP contribution in [0.15, 0.2) is 42.5 Å². The minimum atomic E-state index is -4.27. The molecule has 9 heteroatoms. The fourth-order valence-electron chi connectivity index (χ4n) is 2.41. The second kappa shape index (κ2) is 8.90. The van der Waals surface area contributed by atoms with Crippen molar-refractivity contribution in [1.29, 1.82) is 0 Å². The van der Waals surface area contributed by atoms with Gasteiger partial charge >= 0.3 is 5.97 Å². The molecule has 0 aliphatic carbocycles. The Morgan fingerprint density at radius 3 is 2.07 bits per heavy atom. The standard InChI is InChI=1S/C18H21O8P/c1-23-13-9-10-14(16(25-3)15(13)24-2)26-17(19)18(20)27(21,22)11-12-7-5-4-6-8-12/h4-10,18,20H,11H2,1-3H3,(H,21,22). The van der Waals surface area contributed by atoms with Crippen LogP contribution in [0.25, 0.3) is 0 Å². The van der Waals surface area contributed by atoms with Crippen LogP contribution in [-0.4, -0.2) is 43.1 Å². The van der Waals surface area contributed by atoms with Gasteiger partial charge in [0.1, 0.15) is 0 Å². The number of benzene rings is 2. The second-order valence-electron chi connectivity index (χ2n) is 5.53. The van der Waals surface area contributed by atoms with Crippen LogP contribution in [0.3, 0.4) is 0 Å². The molecule has 0 heterocycles. The molecule has 0 aliphatic heterocycles. The van der Waals surface area contributed by atoms with Gasteiger partial charge in [-0.1, -0.05) is 30.3 Å². The number of ether oxygens (including phenoxy) is 4. The predicted octanol–water partition coefficient (Wildman–Crippen LogP) is 2.41. The lowest BCUT2D eigenvalue weighted by atomic mass is 10.2. The summed E-state index contributed by atoms with van der Waals surface area (Å²) >= 11 is 0. The lowest BCUT2D eigenvalue weighted by Crippen LogP contribution is -2.26. The number of hydrogen-bond donors (Lipinski definition) is 2. The number of aliphatic hydroxyl groups excluding tert-OH is 1. The summed E-state index contributed by atoms with van der Waals surface area (Å²) in [6.45, 7) is 0. The van der Waals surface area contributed by atoms with Gasteiger partial charge < -0.3 is 28.9 Å². The molecular weight excluding hydrogens is 375 g/mol. The SMILES string of the molecule is COc1ccc(OC(=O)C(O)P(=O)(O)Cc2ccccc2)c(OC)c1OC. The molecule has 0 saturated heterocycles. The van der Waals surface area contributed by atoms with E-state index in [1.54, 1.807) is 30.3 Å². The molecule has 2 aromatic rings. The van der Waals surface area contributed by atoms with E-state index in [9.17, 15) is 19.4 Å². The molecule has 2 unspecified atom stereocenters. The van der Waals surface area contributed by atoms with Crippen LogP contribution in [0.4, 0.5) is 0 Å². The molecule has 0 amide bonds. The first-order chi connectivity index (χ1) is 12.8. The number of hydrogen-bond acceptors (Lipinski definition) is 7. The summed E-state index contributed by atoms with van der Waals surface area (Å²) in [4.78, 5) is 22.4. The van der Waals surface area contributed by atoms with Crippen LogP contribution in [0.2, 0.25) is 0 Å². The average molecular weight is 396 g/mol. The highest BCUT2D eigenvalue weighted by atomic mass is 31.2. The van der Waals surface area contributed by atoms with E-state index in [2.05, 4.69) is 0 Å². The quantitative estimate of drug-likeness (QED) is 0.398. The maximum Gasteiger partial charge on any atom is 0.350 e. The van der Waals surface area contributed by atoms with Gasteiger partial charge in [-0.05, 0) is 17.7 Å². The van der Waals surface area contributed by atoms with Crippen molar-refractivity contribution >= 4 is 13.3 Å². The minimum Gasteiger partial charge on any atom is -0.493 e. The van der Waals surface area contributed by atoms with Crippen molar-refractivity contribution in [2.24, 2.45) is 0 Å². The van der Waals surface area contributed by atoms with Gasteiger partial charge in [0.05, 0.1) is 27.5 Å². The van der Waals surface area contributed by atoms with Gasteiger partial charge in [-0.3, -0.25) is 4.57 Å². The Bertz CT molecular complexity index is 837. The zero-order chi connectivity index (χ0) is 20.0. The van der Waals surface area contributed by atoms with E-state index in [0.29, 0.717) is 11.3 Å². The Labute approximate surface area is 156 Å². The topological polar surface area (TPSA) is 112 Å². The van der Waals surface area contributed by atoms with Gasteiger partial charge in [-0.2, -0.15) is 0 Å². The van der Waals surface area contributed by atoms with Crippen molar-refractivity contribution in [3.05, 3.63) is 48.0 Å². The van der Waals surface area contributed by atoms with Crippen molar-refractivity contribution in [2.45, 2.75) is 12.0 Å². The molecule has 2 rings (SSSR count). The number of methoxy groups -OCH3 is 3. The summed E-state index contributed by atoms with van der Waals surface area (Å²) in [5, 5.41) is 10.1. The van der Waals surface area contributed by atoms with Crippen molar-refractivity contribution in [3.63, 3.8) is 0 Å². The number of esters is 1. The molecule has 2 aromatic carbocycles. The molecule has 0 spiro atoms. The van der Waals surface area contributed by atoms with E-state index in [-0.39, 0.29) is 23.4 Å². The van der Waals surface area contributed by atoms with Crippen molar-refractivity contribution in [3.8, 4) is 23.0 Å². The van der Waals surface area contributed by atoms with Gasteiger partial charge in [0.2, 0.25) is 24.7 Å². The normalized spacial score (nSPS) is 14.0. The molecule has 0 fully saturated rings. The molecule has 2 N–H and O–H groups in total.